The molecule has 0 spiro atoms. The fourth-order valence-corrected chi connectivity index (χ4v) is 1.89. The van der Waals surface area contributed by atoms with Gasteiger partial charge in [0.15, 0.2) is 0 Å². The second-order valence-electron chi connectivity index (χ2n) is 3.85. The van der Waals surface area contributed by atoms with Crippen LogP contribution in [-0.2, 0) is 0 Å². The Morgan fingerprint density at radius 3 is 3.00 bits per heavy atom. The van der Waals surface area contributed by atoms with Crippen molar-refractivity contribution >= 4 is 0 Å². The van der Waals surface area contributed by atoms with Gasteiger partial charge in [-0.25, -0.2) is 4.39 Å². The lowest BCUT2D eigenvalue weighted by Crippen LogP contribution is -2.36. The maximum Gasteiger partial charge on any atom is 0.119 e. The lowest BCUT2D eigenvalue weighted by Gasteiger charge is -2.26. The van der Waals surface area contributed by atoms with E-state index in [0.29, 0.717) is 6.54 Å². The SMILES string of the molecule is Cc1ccc(C2CCNCC2F)cn1. The summed E-state index contributed by atoms with van der Waals surface area (Å²) >= 11 is 0. The Bertz CT molecular complexity index is 297. The van der Waals surface area contributed by atoms with Crippen LogP contribution in [0.15, 0.2) is 18.3 Å². The summed E-state index contributed by atoms with van der Waals surface area (Å²) in [5, 5.41) is 3.05. The third kappa shape index (κ3) is 1.93. The van der Waals surface area contributed by atoms with Crippen molar-refractivity contribution in [3.63, 3.8) is 0 Å². The van der Waals surface area contributed by atoms with Crippen LogP contribution < -0.4 is 5.32 Å². The zero-order valence-electron chi connectivity index (χ0n) is 8.33. The number of halogens is 1. The number of piperidine rings is 1. The van der Waals surface area contributed by atoms with Gasteiger partial charge < -0.3 is 5.32 Å². The predicted molar refractivity (Wildman–Crippen MR) is 54.1 cm³/mol. The van der Waals surface area contributed by atoms with Gasteiger partial charge >= 0.3 is 0 Å². The predicted octanol–water partition coefficient (Wildman–Crippen LogP) is 1.81. The van der Waals surface area contributed by atoms with E-state index in [1.807, 2.05) is 19.1 Å². The Morgan fingerprint density at radius 1 is 1.50 bits per heavy atom. The van der Waals surface area contributed by atoms with Crippen LogP contribution in [0.25, 0.3) is 0 Å². The summed E-state index contributed by atoms with van der Waals surface area (Å²) in [5.74, 6) is 0.0318. The first kappa shape index (κ1) is 9.59. The number of alkyl halides is 1. The molecule has 1 aliphatic heterocycles. The van der Waals surface area contributed by atoms with Crippen LogP contribution in [0, 0.1) is 6.92 Å². The lowest BCUT2D eigenvalue weighted by molar-refractivity contribution is 0.231. The molecule has 1 fully saturated rings. The van der Waals surface area contributed by atoms with Crippen LogP contribution in [0.1, 0.15) is 23.6 Å². The molecule has 0 aromatic carbocycles. The summed E-state index contributed by atoms with van der Waals surface area (Å²) in [6.45, 7) is 3.32. The molecule has 1 N–H and O–H groups in total. The normalized spacial score (nSPS) is 27.6. The number of hydrogen-bond donors (Lipinski definition) is 1. The van der Waals surface area contributed by atoms with Gasteiger partial charge in [-0.2, -0.15) is 0 Å². The summed E-state index contributed by atoms with van der Waals surface area (Å²) in [6, 6.07) is 3.94. The largest absolute Gasteiger partial charge is 0.314 e. The summed E-state index contributed by atoms with van der Waals surface area (Å²) in [5.41, 5.74) is 2.02. The van der Waals surface area contributed by atoms with Crippen molar-refractivity contribution in [2.45, 2.75) is 25.4 Å². The van der Waals surface area contributed by atoms with Gasteiger partial charge in [-0.3, -0.25) is 4.98 Å². The Labute approximate surface area is 83.6 Å². The van der Waals surface area contributed by atoms with Gasteiger partial charge in [0, 0.05) is 24.4 Å². The topological polar surface area (TPSA) is 24.9 Å². The second-order valence-corrected chi connectivity index (χ2v) is 3.85. The van der Waals surface area contributed by atoms with Crippen molar-refractivity contribution in [3.05, 3.63) is 29.6 Å². The van der Waals surface area contributed by atoms with Crippen molar-refractivity contribution in [3.8, 4) is 0 Å². The van der Waals surface area contributed by atoms with Crippen molar-refractivity contribution in [1.29, 1.82) is 0 Å². The van der Waals surface area contributed by atoms with E-state index in [2.05, 4.69) is 10.3 Å². The van der Waals surface area contributed by atoms with Crippen LogP contribution >= 0.6 is 0 Å². The minimum Gasteiger partial charge on any atom is -0.314 e. The molecular weight excluding hydrogens is 179 g/mol. The third-order valence-electron chi connectivity index (χ3n) is 2.77. The lowest BCUT2D eigenvalue weighted by atomic mass is 9.90. The van der Waals surface area contributed by atoms with E-state index < -0.39 is 6.17 Å². The van der Waals surface area contributed by atoms with Crippen molar-refractivity contribution in [1.82, 2.24) is 10.3 Å². The average Bonchev–Trinajstić information content (AvgIpc) is 2.20. The summed E-state index contributed by atoms with van der Waals surface area (Å²) in [6.07, 6.45) is 1.90. The third-order valence-corrected chi connectivity index (χ3v) is 2.77. The highest BCUT2D eigenvalue weighted by atomic mass is 19.1. The molecule has 0 saturated carbocycles. The molecule has 2 heterocycles. The Hall–Kier alpha value is -0.960. The number of nitrogens with one attached hydrogen (secondary N) is 1. The Balaban J connectivity index is 2.16. The van der Waals surface area contributed by atoms with Crippen LogP contribution in [0.2, 0.25) is 0 Å². The van der Waals surface area contributed by atoms with Gasteiger partial charge in [0.1, 0.15) is 6.17 Å². The fourth-order valence-electron chi connectivity index (χ4n) is 1.89. The molecule has 1 saturated heterocycles. The van der Waals surface area contributed by atoms with Gasteiger partial charge in [-0.1, -0.05) is 6.07 Å². The zero-order valence-corrected chi connectivity index (χ0v) is 8.33. The van der Waals surface area contributed by atoms with Crippen molar-refractivity contribution in [2.24, 2.45) is 0 Å². The van der Waals surface area contributed by atoms with Crippen molar-refractivity contribution < 1.29 is 4.39 Å². The molecule has 2 rings (SSSR count). The van der Waals surface area contributed by atoms with Crippen molar-refractivity contribution in [2.75, 3.05) is 13.1 Å². The summed E-state index contributed by atoms with van der Waals surface area (Å²) in [7, 11) is 0. The highest BCUT2D eigenvalue weighted by Crippen LogP contribution is 2.26. The first-order valence-corrected chi connectivity index (χ1v) is 5.04. The highest BCUT2D eigenvalue weighted by molar-refractivity contribution is 5.20. The number of aryl methyl sites for hydroxylation is 1. The van der Waals surface area contributed by atoms with Crippen LogP contribution in [0.5, 0.6) is 0 Å². The minimum absolute atomic E-state index is 0.0318. The number of aromatic nitrogens is 1. The molecule has 2 nitrogen and oxygen atoms in total. The molecular formula is C11H15FN2. The molecule has 1 aromatic heterocycles. The van der Waals surface area contributed by atoms with Gasteiger partial charge in [-0.15, -0.1) is 0 Å². The molecule has 0 amide bonds. The Kier molecular flexibility index (Phi) is 2.77. The van der Waals surface area contributed by atoms with E-state index >= 15 is 0 Å². The molecule has 0 radical (unpaired) electrons. The molecule has 2 unspecified atom stereocenters. The molecule has 2 atom stereocenters. The average molecular weight is 194 g/mol. The van der Waals surface area contributed by atoms with Gasteiger partial charge in [0.25, 0.3) is 0 Å². The number of nitrogens with zero attached hydrogens (tertiary/aromatic N) is 1. The monoisotopic (exact) mass is 194 g/mol. The first-order chi connectivity index (χ1) is 6.77. The maximum absolute atomic E-state index is 13.5. The van der Waals surface area contributed by atoms with E-state index in [1.54, 1.807) is 6.20 Å². The van der Waals surface area contributed by atoms with E-state index in [4.69, 9.17) is 0 Å². The quantitative estimate of drug-likeness (QED) is 0.737. The molecule has 0 bridgehead atoms. The van der Waals surface area contributed by atoms with Gasteiger partial charge in [-0.05, 0) is 31.5 Å². The van der Waals surface area contributed by atoms with Crippen LogP contribution in [0.3, 0.4) is 0 Å². The summed E-state index contributed by atoms with van der Waals surface area (Å²) in [4.78, 5) is 4.20. The highest BCUT2D eigenvalue weighted by Gasteiger charge is 2.25. The van der Waals surface area contributed by atoms with E-state index in [9.17, 15) is 4.39 Å². The molecule has 1 aromatic rings. The van der Waals surface area contributed by atoms with E-state index in [1.165, 1.54) is 0 Å². The number of pyridine rings is 1. The standard InChI is InChI=1S/C11H15FN2/c1-8-2-3-9(6-14-8)10-4-5-13-7-11(10)12/h2-3,6,10-11,13H,4-5,7H2,1H3. The summed E-state index contributed by atoms with van der Waals surface area (Å²) < 4.78 is 13.5. The zero-order chi connectivity index (χ0) is 9.97. The number of hydrogen-bond acceptors (Lipinski definition) is 2. The molecule has 1 aliphatic rings. The van der Waals surface area contributed by atoms with Crippen LogP contribution in [-0.4, -0.2) is 24.2 Å². The molecule has 0 aliphatic carbocycles. The Morgan fingerprint density at radius 2 is 2.36 bits per heavy atom. The number of rotatable bonds is 1. The molecule has 3 heteroatoms. The van der Waals surface area contributed by atoms with Gasteiger partial charge in [0.2, 0.25) is 0 Å². The fraction of sp³-hybridized carbons (Fsp3) is 0.545. The second kappa shape index (κ2) is 4.05. The maximum atomic E-state index is 13.5. The minimum atomic E-state index is -0.770. The molecule has 14 heavy (non-hydrogen) atoms. The van der Waals surface area contributed by atoms with E-state index in [-0.39, 0.29) is 5.92 Å². The van der Waals surface area contributed by atoms with Gasteiger partial charge in [0.05, 0.1) is 0 Å². The van der Waals surface area contributed by atoms with E-state index in [0.717, 1.165) is 24.2 Å². The molecule has 76 valence electrons. The van der Waals surface area contributed by atoms with Crippen LogP contribution in [0.4, 0.5) is 4.39 Å². The smallest absolute Gasteiger partial charge is 0.119 e. The first-order valence-electron chi connectivity index (χ1n) is 5.04.